The molecule has 0 bridgehead atoms. The predicted octanol–water partition coefficient (Wildman–Crippen LogP) is 3.99. The number of hydrogen-bond donors (Lipinski definition) is 0. The second-order valence-electron chi connectivity index (χ2n) is 7.14. The lowest BCUT2D eigenvalue weighted by atomic mass is 10.2. The molecule has 1 aliphatic heterocycles. The van der Waals surface area contributed by atoms with Crippen LogP contribution >= 0.6 is 11.3 Å². The van der Waals surface area contributed by atoms with E-state index in [-0.39, 0.29) is 10.8 Å². The molecule has 2 heterocycles. The Labute approximate surface area is 182 Å². The lowest BCUT2D eigenvalue weighted by Gasteiger charge is -2.26. The van der Waals surface area contributed by atoms with E-state index in [1.165, 1.54) is 17.5 Å². The van der Waals surface area contributed by atoms with E-state index in [1.807, 2.05) is 24.4 Å². The highest BCUT2D eigenvalue weighted by Crippen LogP contribution is 2.30. The maximum Gasteiger partial charge on any atom is 0.246 e. The number of piperidine rings is 1. The van der Waals surface area contributed by atoms with E-state index in [4.69, 9.17) is 4.74 Å². The molecule has 1 fully saturated rings. The summed E-state index contributed by atoms with van der Waals surface area (Å²) in [6.45, 7) is 4.15. The molecule has 2 aromatic rings. The van der Waals surface area contributed by atoms with Crippen LogP contribution in [0.25, 0.3) is 6.08 Å². The van der Waals surface area contributed by atoms with Crippen molar-refractivity contribution in [3.05, 3.63) is 52.2 Å². The fourth-order valence-electron chi connectivity index (χ4n) is 3.45. The van der Waals surface area contributed by atoms with Gasteiger partial charge in [-0.1, -0.05) is 18.6 Å². The molecule has 8 heteroatoms. The van der Waals surface area contributed by atoms with Gasteiger partial charge in [0.05, 0.1) is 13.7 Å². The van der Waals surface area contributed by atoms with Crippen molar-refractivity contribution < 1.29 is 17.9 Å². The SMILES string of the molecule is CCN(Cc1cccs1)C(=O)C=Cc1ccc(OC)c(S(=O)(=O)N2CCCCC2)c1. The van der Waals surface area contributed by atoms with Gasteiger partial charge < -0.3 is 9.64 Å². The maximum absolute atomic E-state index is 13.1. The highest BCUT2D eigenvalue weighted by Gasteiger charge is 2.29. The molecule has 6 nitrogen and oxygen atoms in total. The number of benzene rings is 1. The first-order valence-corrected chi connectivity index (χ1v) is 12.4. The van der Waals surface area contributed by atoms with E-state index in [1.54, 1.807) is 40.5 Å². The number of rotatable bonds is 8. The molecule has 0 spiro atoms. The minimum absolute atomic E-state index is 0.109. The number of amides is 1. The zero-order valence-electron chi connectivity index (χ0n) is 17.4. The van der Waals surface area contributed by atoms with Crippen LogP contribution in [-0.2, 0) is 21.4 Å². The molecule has 0 saturated carbocycles. The van der Waals surface area contributed by atoms with Crippen LogP contribution < -0.4 is 4.74 Å². The molecule has 162 valence electrons. The number of methoxy groups -OCH3 is 1. The number of nitrogens with zero attached hydrogens (tertiary/aromatic N) is 2. The summed E-state index contributed by atoms with van der Waals surface area (Å²) in [5.74, 6) is 0.207. The Morgan fingerprint density at radius 1 is 1.23 bits per heavy atom. The van der Waals surface area contributed by atoms with Crippen LogP contribution in [-0.4, -0.2) is 50.3 Å². The quantitative estimate of drug-likeness (QED) is 0.573. The fourth-order valence-corrected chi connectivity index (χ4v) is 5.88. The third-order valence-electron chi connectivity index (χ3n) is 5.16. The van der Waals surface area contributed by atoms with Gasteiger partial charge in [0, 0.05) is 30.6 Å². The summed E-state index contributed by atoms with van der Waals surface area (Å²) in [4.78, 5) is 15.6. The first kappa shape index (κ1) is 22.5. The Bertz CT molecular complexity index is 979. The average Bonchev–Trinajstić information content (AvgIpc) is 3.29. The summed E-state index contributed by atoms with van der Waals surface area (Å²) >= 11 is 1.62. The minimum atomic E-state index is -3.64. The summed E-state index contributed by atoms with van der Waals surface area (Å²) in [6, 6.07) is 8.96. The Morgan fingerprint density at radius 2 is 2.00 bits per heavy atom. The first-order valence-electron chi connectivity index (χ1n) is 10.1. The summed E-state index contributed by atoms with van der Waals surface area (Å²) in [5, 5.41) is 1.99. The van der Waals surface area contributed by atoms with Gasteiger partial charge in [-0.2, -0.15) is 4.31 Å². The van der Waals surface area contributed by atoms with Crippen LogP contribution in [0.5, 0.6) is 5.75 Å². The molecule has 30 heavy (non-hydrogen) atoms. The van der Waals surface area contributed by atoms with Crippen molar-refractivity contribution in [2.75, 3.05) is 26.7 Å². The molecule has 0 unspecified atom stereocenters. The van der Waals surface area contributed by atoms with Crippen molar-refractivity contribution in [3.63, 3.8) is 0 Å². The standard InChI is InChI=1S/C22H28N2O4S2/c1-3-23(17-19-8-7-15-29-19)22(25)12-10-18-9-11-20(28-2)21(16-18)30(26,27)24-13-5-4-6-14-24/h7-12,15-16H,3-6,13-14,17H2,1-2H3. The summed E-state index contributed by atoms with van der Waals surface area (Å²) in [7, 11) is -2.18. The molecule has 0 atom stereocenters. The van der Waals surface area contributed by atoms with Crippen molar-refractivity contribution in [2.24, 2.45) is 0 Å². The molecule has 0 radical (unpaired) electrons. The van der Waals surface area contributed by atoms with Crippen LogP contribution in [0.1, 0.15) is 36.6 Å². The summed E-state index contributed by atoms with van der Waals surface area (Å²) in [5.41, 5.74) is 0.645. The largest absolute Gasteiger partial charge is 0.495 e. The van der Waals surface area contributed by atoms with E-state index < -0.39 is 10.0 Å². The highest BCUT2D eigenvalue weighted by molar-refractivity contribution is 7.89. The predicted molar refractivity (Wildman–Crippen MR) is 120 cm³/mol. The van der Waals surface area contributed by atoms with E-state index >= 15 is 0 Å². The minimum Gasteiger partial charge on any atom is -0.495 e. The van der Waals surface area contributed by atoms with E-state index in [9.17, 15) is 13.2 Å². The van der Waals surface area contributed by atoms with E-state index in [2.05, 4.69) is 0 Å². The third-order valence-corrected chi connectivity index (χ3v) is 7.94. The van der Waals surface area contributed by atoms with Gasteiger partial charge in [-0.05, 0) is 55.0 Å². The van der Waals surface area contributed by atoms with Crippen molar-refractivity contribution in [2.45, 2.75) is 37.6 Å². The number of carbonyl (C=O) groups is 1. The number of hydrogen-bond acceptors (Lipinski definition) is 5. The molecule has 3 rings (SSSR count). The molecule has 1 aromatic heterocycles. The lowest BCUT2D eigenvalue weighted by molar-refractivity contribution is -0.126. The molecule has 1 saturated heterocycles. The number of ether oxygens (including phenoxy) is 1. The lowest BCUT2D eigenvalue weighted by Crippen LogP contribution is -2.35. The van der Waals surface area contributed by atoms with Gasteiger partial charge in [0.2, 0.25) is 15.9 Å². The van der Waals surface area contributed by atoms with Crippen molar-refractivity contribution in [1.82, 2.24) is 9.21 Å². The van der Waals surface area contributed by atoms with Gasteiger partial charge >= 0.3 is 0 Å². The second kappa shape index (κ2) is 10.2. The fraction of sp³-hybridized carbons (Fsp3) is 0.409. The Kier molecular flexibility index (Phi) is 7.69. The van der Waals surface area contributed by atoms with E-state index in [0.717, 1.165) is 24.1 Å². The zero-order chi connectivity index (χ0) is 21.6. The Hall–Kier alpha value is -2.16. The average molecular weight is 449 g/mol. The first-order chi connectivity index (χ1) is 14.5. The van der Waals surface area contributed by atoms with Crippen LogP contribution in [0, 0.1) is 0 Å². The number of sulfonamides is 1. The molecule has 1 aromatic carbocycles. The number of likely N-dealkylation sites (N-methyl/N-ethyl adjacent to an activating group) is 1. The van der Waals surface area contributed by atoms with Crippen molar-refractivity contribution in [3.8, 4) is 5.75 Å². The molecular weight excluding hydrogens is 420 g/mol. The smallest absolute Gasteiger partial charge is 0.246 e. The monoisotopic (exact) mass is 448 g/mol. The van der Waals surface area contributed by atoms with Gasteiger partial charge in [-0.25, -0.2) is 8.42 Å². The van der Waals surface area contributed by atoms with E-state index in [0.29, 0.717) is 37.5 Å². The second-order valence-corrected chi connectivity index (χ2v) is 10.1. The van der Waals surface area contributed by atoms with Gasteiger partial charge in [0.15, 0.2) is 0 Å². The molecule has 1 amide bonds. The molecule has 0 aliphatic carbocycles. The molecule has 0 N–H and O–H groups in total. The van der Waals surface area contributed by atoms with Crippen LogP contribution in [0.2, 0.25) is 0 Å². The summed E-state index contributed by atoms with van der Waals surface area (Å²) < 4.78 is 33.1. The van der Waals surface area contributed by atoms with Crippen LogP contribution in [0.15, 0.2) is 46.7 Å². The molecular formula is C22H28N2O4S2. The number of carbonyl (C=O) groups excluding carboxylic acids is 1. The third kappa shape index (κ3) is 5.30. The van der Waals surface area contributed by atoms with Crippen molar-refractivity contribution in [1.29, 1.82) is 0 Å². The van der Waals surface area contributed by atoms with Crippen molar-refractivity contribution >= 4 is 33.3 Å². The Morgan fingerprint density at radius 3 is 2.63 bits per heavy atom. The van der Waals surface area contributed by atoms with Gasteiger partial charge in [-0.3, -0.25) is 4.79 Å². The topological polar surface area (TPSA) is 66.9 Å². The highest BCUT2D eigenvalue weighted by atomic mass is 32.2. The Balaban J connectivity index is 1.81. The summed E-state index contributed by atoms with van der Waals surface area (Å²) in [6.07, 6.45) is 5.94. The van der Waals surface area contributed by atoms with Gasteiger partial charge in [0.25, 0.3) is 0 Å². The normalized spacial score (nSPS) is 15.4. The zero-order valence-corrected chi connectivity index (χ0v) is 19.0. The van der Waals surface area contributed by atoms with Gasteiger partial charge in [0.1, 0.15) is 10.6 Å². The maximum atomic E-state index is 13.1. The number of thiophene rings is 1. The molecule has 1 aliphatic rings. The van der Waals surface area contributed by atoms with Gasteiger partial charge in [-0.15, -0.1) is 11.3 Å². The van der Waals surface area contributed by atoms with Crippen LogP contribution in [0.4, 0.5) is 0 Å². The van der Waals surface area contributed by atoms with Crippen LogP contribution in [0.3, 0.4) is 0 Å².